The topological polar surface area (TPSA) is 118 Å². The molecule has 8 nitrogen and oxygen atoms in total. The highest BCUT2D eigenvalue weighted by molar-refractivity contribution is 7.84. The van der Waals surface area contributed by atoms with Crippen molar-refractivity contribution in [3.63, 3.8) is 0 Å². The number of carbonyl (C=O) groups is 2. The summed E-state index contributed by atoms with van der Waals surface area (Å²) in [5.74, 6) is 0.483. The molecule has 10 atom stereocenters. The van der Waals surface area contributed by atoms with E-state index in [0.29, 0.717) is 35.8 Å². The van der Waals surface area contributed by atoms with E-state index >= 15 is 0 Å². The number of nitrogens with one attached hydrogen (secondary N) is 1. The van der Waals surface area contributed by atoms with Gasteiger partial charge in [0, 0.05) is 68.3 Å². The summed E-state index contributed by atoms with van der Waals surface area (Å²) in [5, 5.41) is 28.0. The fourth-order valence-corrected chi connectivity index (χ4v) is 13.4. The minimum absolute atomic E-state index is 0.0222. The van der Waals surface area contributed by atoms with Gasteiger partial charge < -0.3 is 24.8 Å². The number of carbonyl (C=O) groups excluding carboxylic acids is 2. The molecule has 2 aliphatic heterocycles. The average Bonchev–Trinajstić information content (AvgIpc) is 3.75. The standard InChI is InChI=1S/C46H60N2O6S/c1-24(2)36-39(51)34-33-27(30-23-42(4,5)54-43(6,7)35(30)38(33)50)22-28-29-21-26-14-15-31-44(8,17-12-13-25(3)41(52)47-19-20-55(11)53)32(49)16-18-45(31,9)46(26,10)40(29)48(36)37(28)34/h12-13,17,22-23,26,31-32,35-36,38,49-50H,1,14-16,18-21H2,2-11H3,(H,47,52)/b17-12+,25-13+. The first kappa shape index (κ1) is 38.7. The summed E-state index contributed by atoms with van der Waals surface area (Å²) in [6, 6.07) is 1.75. The van der Waals surface area contributed by atoms with Gasteiger partial charge in [-0.3, -0.25) is 13.8 Å². The maximum Gasteiger partial charge on any atom is 0.246 e. The van der Waals surface area contributed by atoms with Gasteiger partial charge in [0.2, 0.25) is 5.91 Å². The number of hydrogen-bond donors (Lipinski definition) is 3. The monoisotopic (exact) mass is 768 g/mol. The molecule has 9 heteroatoms. The number of aliphatic hydroxyl groups excluding tert-OH is 2. The van der Waals surface area contributed by atoms with Gasteiger partial charge >= 0.3 is 0 Å². The van der Waals surface area contributed by atoms with Gasteiger partial charge in [-0.25, -0.2) is 0 Å². The summed E-state index contributed by atoms with van der Waals surface area (Å²) in [6.07, 6.45) is 12.7. The molecule has 8 rings (SSSR count). The highest BCUT2D eigenvalue weighted by Gasteiger charge is 2.67. The molecule has 0 radical (unpaired) electrons. The molecule has 0 bridgehead atoms. The summed E-state index contributed by atoms with van der Waals surface area (Å²) < 4.78 is 20.4. The summed E-state index contributed by atoms with van der Waals surface area (Å²) in [5.41, 5.74) is 6.14. The van der Waals surface area contributed by atoms with Crippen molar-refractivity contribution in [2.45, 2.75) is 129 Å². The van der Waals surface area contributed by atoms with Crippen molar-refractivity contribution in [3.8, 4) is 0 Å². The average molecular weight is 769 g/mol. The van der Waals surface area contributed by atoms with E-state index in [9.17, 15) is 24.0 Å². The molecule has 0 spiro atoms. The maximum absolute atomic E-state index is 14.9. The number of aliphatic hydroxyl groups is 2. The molecule has 2 aromatic rings. The van der Waals surface area contributed by atoms with Gasteiger partial charge in [-0.05, 0) is 120 Å². The summed E-state index contributed by atoms with van der Waals surface area (Å²) in [6.45, 7) is 23.8. The third-order valence-electron chi connectivity index (χ3n) is 15.4. The quantitative estimate of drug-likeness (QED) is 0.152. The van der Waals surface area contributed by atoms with Gasteiger partial charge in [-0.2, -0.15) is 0 Å². The second kappa shape index (κ2) is 12.4. The number of nitrogens with zero attached hydrogens (tertiary/aromatic N) is 1. The van der Waals surface area contributed by atoms with Gasteiger partial charge in [0.05, 0.1) is 34.5 Å². The van der Waals surface area contributed by atoms with Crippen LogP contribution in [0, 0.1) is 28.6 Å². The van der Waals surface area contributed by atoms with Crippen LogP contribution in [0.25, 0.3) is 16.5 Å². The van der Waals surface area contributed by atoms with E-state index in [4.69, 9.17) is 4.74 Å². The molecule has 55 heavy (non-hydrogen) atoms. The normalized spacial score (nSPS) is 37.3. The number of benzene rings is 1. The number of allylic oxidation sites excluding steroid dienone is 3. The van der Waals surface area contributed by atoms with Crippen LogP contribution in [0.5, 0.6) is 0 Å². The number of amides is 1. The summed E-state index contributed by atoms with van der Waals surface area (Å²) in [7, 11) is -0.975. The lowest BCUT2D eigenvalue weighted by atomic mass is 9.40. The molecule has 10 unspecified atom stereocenters. The van der Waals surface area contributed by atoms with Crippen LogP contribution < -0.4 is 5.32 Å². The second-order valence-corrected chi connectivity index (χ2v) is 21.1. The number of ketones is 1. The third-order valence-corrected chi connectivity index (χ3v) is 16.2. The van der Waals surface area contributed by atoms with Crippen LogP contribution in [0.1, 0.15) is 133 Å². The number of aromatic nitrogens is 1. The van der Waals surface area contributed by atoms with E-state index in [1.54, 1.807) is 13.2 Å². The number of fused-ring (bicyclic) bond motifs is 11. The van der Waals surface area contributed by atoms with Crippen molar-refractivity contribution in [2.24, 2.45) is 28.6 Å². The van der Waals surface area contributed by atoms with E-state index in [1.165, 1.54) is 11.3 Å². The Labute approximate surface area is 329 Å². The van der Waals surface area contributed by atoms with E-state index in [-0.39, 0.29) is 34.4 Å². The SMILES string of the molecule is C=C(C)C1C(=O)c2c3c(cc4c5c(n1c24)C1(C)C(CCC2C(C)(/C=C/C=C(\C)C(=O)NCCS(C)=O)C(O)CCC21C)C5)C1=CC(C)(C)OC(C)(C)C1C3O. The van der Waals surface area contributed by atoms with Crippen LogP contribution in [0.2, 0.25) is 0 Å². The van der Waals surface area contributed by atoms with Crippen molar-refractivity contribution in [1.82, 2.24) is 9.88 Å². The Morgan fingerprint density at radius 1 is 1.11 bits per heavy atom. The van der Waals surface area contributed by atoms with Crippen molar-refractivity contribution in [1.29, 1.82) is 0 Å². The first-order valence-electron chi connectivity index (χ1n) is 20.3. The molecular weight excluding hydrogens is 709 g/mol. The molecule has 3 N–H and O–H groups in total. The Kier molecular flexibility index (Phi) is 8.77. The first-order chi connectivity index (χ1) is 25.6. The molecule has 1 aromatic heterocycles. The molecule has 2 saturated carbocycles. The van der Waals surface area contributed by atoms with Crippen LogP contribution in [-0.2, 0) is 32.2 Å². The number of ether oxygens (including phenoxy) is 1. The molecule has 2 fully saturated rings. The summed E-state index contributed by atoms with van der Waals surface area (Å²) in [4.78, 5) is 27.7. The Balaban J connectivity index is 1.26. The number of Topliss-reactive ketones (excluding diaryl/α,β-unsaturated/α-hetero) is 1. The molecule has 296 valence electrons. The molecule has 0 saturated heterocycles. The highest BCUT2D eigenvalue weighted by Crippen LogP contribution is 2.71. The van der Waals surface area contributed by atoms with Crippen molar-refractivity contribution >= 4 is 39.0 Å². The van der Waals surface area contributed by atoms with Crippen LogP contribution in [0.4, 0.5) is 0 Å². The predicted octanol–water partition coefficient (Wildman–Crippen LogP) is 7.59. The number of hydrogen-bond acceptors (Lipinski definition) is 6. The van der Waals surface area contributed by atoms with Gasteiger partial charge in [0.15, 0.2) is 5.78 Å². The minimum Gasteiger partial charge on any atom is -0.392 e. The van der Waals surface area contributed by atoms with E-state index < -0.39 is 45.7 Å². The van der Waals surface area contributed by atoms with Crippen LogP contribution in [-0.4, -0.2) is 66.5 Å². The van der Waals surface area contributed by atoms with E-state index in [0.717, 1.165) is 58.9 Å². The van der Waals surface area contributed by atoms with Gasteiger partial charge in [0.25, 0.3) is 0 Å². The van der Waals surface area contributed by atoms with Gasteiger partial charge in [0.1, 0.15) is 6.04 Å². The van der Waals surface area contributed by atoms with E-state index in [1.807, 2.05) is 19.1 Å². The van der Waals surface area contributed by atoms with Crippen LogP contribution in [0.3, 0.4) is 0 Å². The molecule has 6 aliphatic rings. The molecule has 1 amide bonds. The minimum atomic E-state index is -0.975. The van der Waals surface area contributed by atoms with Crippen LogP contribution in [0.15, 0.2) is 48.1 Å². The largest absolute Gasteiger partial charge is 0.392 e. The van der Waals surface area contributed by atoms with E-state index in [2.05, 4.69) is 83.1 Å². The molecule has 3 heterocycles. The predicted molar refractivity (Wildman–Crippen MR) is 219 cm³/mol. The van der Waals surface area contributed by atoms with Crippen LogP contribution >= 0.6 is 0 Å². The number of rotatable bonds is 7. The Hall–Kier alpha value is -3.11. The third kappa shape index (κ3) is 5.20. The van der Waals surface area contributed by atoms with Gasteiger partial charge in [-0.15, -0.1) is 0 Å². The first-order valence-corrected chi connectivity index (χ1v) is 22.0. The molecular formula is C46H60N2O6S. The zero-order valence-electron chi connectivity index (χ0n) is 34.4. The fraction of sp³-hybridized carbons (Fsp3) is 0.609. The lowest BCUT2D eigenvalue weighted by Crippen LogP contribution is -2.62. The Morgan fingerprint density at radius 3 is 2.49 bits per heavy atom. The van der Waals surface area contributed by atoms with Crippen molar-refractivity contribution < 1.29 is 28.7 Å². The fourth-order valence-electron chi connectivity index (χ4n) is 13.0. The lowest BCUT2D eigenvalue weighted by Gasteiger charge is -2.64. The zero-order chi connectivity index (χ0) is 39.9. The summed E-state index contributed by atoms with van der Waals surface area (Å²) >= 11 is 0. The Morgan fingerprint density at radius 2 is 1.82 bits per heavy atom. The highest BCUT2D eigenvalue weighted by atomic mass is 32.2. The smallest absolute Gasteiger partial charge is 0.246 e. The maximum atomic E-state index is 14.9. The molecule has 4 aliphatic carbocycles. The molecule has 1 aromatic carbocycles. The second-order valence-electron chi connectivity index (χ2n) is 19.6. The van der Waals surface area contributed by atoms with Crippen molar-refractivity contribution in [2.75, 3.05) is 18.6 Å². The zero-order valence-corrected chi connectivity index (χ0v) is 35.2. The Bertz CT molecular complexity index is 2190. The van der Waals surface area contributed by atoms with Crippen molar-refractivity contribution in [3.05, 3.63) is 76.0 Å². The van der Waals surface area contributed by atoms with Gasteiger partial charge in [-0.1, -0.05) is 51.2 Å². The lowest BCUT2D eigenvalue weighted by molar-refractivity contribution is -0.144.